The number of benzene rings is 4. The van der Waals surface area contributed by atoms with Gasteiger partial charge in [0.25, 0.3) is 0 Å². The Kier molecular flexibility index (Phi) is 23.1. The lowest BCUT2D eigenvalue weighted by atomic mass is 10.00. The second-order valence-electron chi connectivity index (χ2n) is 19.9. The number of hydrogen-bond donors (Lipinski definition) is 12. The van der Waals surface area contributed by atoms with E-state index in [4.69, 9.17) is 11.5 Å². The van der Waals surface area contributed by atoms with Gasteiger partial charge in [-0.15, -0.1) is 0 Å². The number of aromatic nitrogens is 2. The van der Waals surface area contributed by atoms with Crippen LogP contribution in [0.3, 0.4) is 0 Å². The quantitative estimate of drug-likeness (QED) is 0.0515. The molecule has 0 spiro atoms. The predicted molar refractivity (Wildman–Crippen MR) is 314 cm³/mol. The van der Waals surface area contributed by atoms with Crippen molar-refractivity contribution in [1.29, 1.82) is 0 Å². The Bertz CT molecular complexity index is 3090. The number of nitrogens with two attached hydrogens (primary N) is 2. The van der Waals surface area contributed by atoms with Gasteiger partial charge in [-0.25, -0.2) is 0 Å². The number of nitrogens with one attached hydrogen (secondary N) is 9. The van der Waals surface area contributed by atoms with E-state index in [0.717, 1.165) is 27.4 Å². The van der Waals surface area contributed by atoms with Crippen molar-refractivity contribution in [2.45, 2.75) is 94.2 Å². The van der Waals surface area contributed by atoms with Crippen LogP contribution < -0.4 is 48.7 Å². The fourth-order valence-corrected chi connectivity index (χ4v) is 11.5. The van der Waals surface area contributed by atoms with Crippen LogP contribution in [-0.2, 0) is 64.0 Å². The first kappa shape index (κ1) is 60.9. The van der Waals surface area contributed by atoms with E-state index in [9.17, 15) is 33.9 Å². The molecule has 21 nitrogen and oxygen atoms in total. The maximum atomic E-state index is 15.1. The van der Waals surface area contributed by atoms with Crippen LogP contribution in [0.1, 0.15) is 48.4 Å². The Morgan fingerprint density at radius 1 is 0.593 bits per heavy atom. The number of unbranched alkanes of at least 4 members (excludes halogenated alkanes) is 1. The van der Waals surface area contributed by atoms with Gasteiger partial charge in [-0.05, 0) is 67.1 Å². The van der Waals surface area contributed by atoms with E-state index in [1.54, 1.807) is 42.7 Å². The molecule has 6 aromatic rings. The summed E-state index contributed by atoms with van der Waals surface area (Å²) in [7, 11) is 2.87. The lowest BCUT2D eigenvalue weighted by Crippen LogP contribution is -2.62. The summed E-state index contributed by atoms with van der Waals surface area (Å²) in [6.45, 7) is 1.39. The third-order valence-electron chi connectivity index (χ3n) is 13.8. The van der Waals surface area contributed by atoms with Gasteiger partial charge in [0.2, 0.25) is 47.3 Å². The van der Waals surface area contributed by atoms with Crippen molar-refractivity contribution in [3.05, 3.63) is 144 Å². The molecule has 1 fully saturated rings. The van der Waals surface area contributed by atoms with Crippen LogP contribution in [0, 0.1) is 0 Å². The zero-order valence-electron chi connectivity index (χ0n) is 45.1. The highest BCUT2D eigenvalue weighted by molar-refractivity contribution is 8.76. The van der Waals surface area contributed by atoms with Gasteiger partial charge in [0, 0.05) is 84.5 Å². The molecular weight excluding hydrogens is 1070 g/mol. The Labute approximate surface area is 477 Å². The van der Waals surface area contributed by atoms with Crippen LogP contribution in [0.15, 0.2) is 122 Å². The number of rotatable bonds is 15. The number of H-pyrrole nitrogens is 2. The normalized spacial score (nSPS) is 21.6. The molecule has 14 N–H and O–H groups in total. The van der Waals surface area contributed by atoms with Crippen LogP contribution in [-0.4, -0.2) is 154 Å². The van der Waals surface area contributed by atoms with E-state index >= 15 is 9.59 Å². The molecule has 430 valence electrons. The average molecular weight is 1150 g/mol. The second kappa shape index (κ2) is 30.8. The smallest absolute Gasteiger partial charge is 0.245 e. The summed E-state index contributed by atoms with van der Waals surface area (Å²) in [5, 5.41) is 32.7. The van der Waals surface area contributed by atoms with Crippen LogP contribution in [0.2, 0.25) is 0 Å². The Hall–Kier alpha value is -7.70. The second-order valence-corrected chi connectivity index (χ2v) is 22.6. The Morgan fingerprint density at radius 3 is 1.62 bits per heavy atom. The topological polar surface area (TPSA) is 328 Å². The molecule has 0 bridgehead atoms. The molecule has 0 saturated carbocycles. The van der Waals surface area contributed by atoms with Gasteiger partial charge in [0.15, 0.2) is 0 Å². The number of para-hydroxylation sites is 2. The van der Waals surface area contributed by atoms with Gasteiger partial charge >= 0.3 is 0 Å². The van der Waals surface area contributed by atoms with Crippen molar-refractivity contribution < 1.29 is 43.5 Å². The van der Waals surface area contributed by atoms with E-state index in [1.165, 1.54) is 33.4 Å². The van der Waals surface area contributed by atoms with E-state index in [1.807, 2.05) is 78.9 Å². The maximum absolute atomic E-state index is 15.1. The van der Waals surface area contributed by atoms with Crippen molar-refractivity contribution in [1.82, 2.24) is 52.1 Å². The summed E-state index contributed by atoms with van der Waals surface area (Å²) in [5.74, 6) is -4.99. The van der Waals surface area contributed by atoms with E-state index in [2.05, 4.69) is 47.2 Å². The number of carbonyl (C=O) groups is 8. The molecule has 4 aromatic carbocycles. The highest BCUT2D eigenvalue weighted by Crippen LogP contribution is 2.23. The fourth-order valence-electron chi connectivity index (χ4n) is 9.57. The lowest BCUT2D eigenvalue weighted by molar-refractivity contribution is -0.140. The first-order chi connectivity index (χ1) is 39.2. The molecule has 23 heteroatoms. The molecule has 1 aliphatic rings. The minimum absolute atomic E-state index is 0.0213. The largest absolute Gasteiger partial charge is 0.391 e. The van der Waals surface area contributed by atoms with E-state index < -0.39 is 96.2 Å². The standard InChI is InChI=1S/C58H72N12O9S2/c1-36(71)52-57(78)68-49(29-38-16-6-3-7-17-38)58(79)70(35-50(60)72)25-27-81-80-26-24-61-34-51(73)64-46(28-37-14-4-2-5-15-37)54(75)66-48(31-40-33-63-44-21-11-9-19-42(40)44)56(77)67-47(30-39-32-62-43-20-10-8-18-41(39)43)55(76)65-45(53(74)69-52)22-12-13-23-59/h2-11,14-21,32-33,36,45-49,52,61-63,71H,12-13,22-31,34-35,59H2,1H3,(H2,60,72)(H,64,73)(H,65,76)(H,66,75)(H,67,77)(H,68,78)(H,69,74)/t36-,45+,46+,47-,48+,49+,52+/m1/s1. The summed E-state index contributed by atoms with van der Waals surface area (Å²) < 4.78 is 0. The summed E-state index contributed by atoms with van der Waals surface area (Å²) in [5.41, 5.74) is 15.8. The van der Waals surface area contributed by atoms with Gasteiger partial charge < -0.3 is 68.7 Å². The Balaban J connectivity index is 1.25. The van der Waals surface area contributed by atoms with Gasteiger partial charge in [0.05, 0.1) is 19.2 Å². The zero-order valence-corrected chi connectivity index (χ0v) is 46.8. The molecule has 1 saturated heterocycles. The number of aromatic amines is 2. The van der Waals surface area contributed by atoms with Crippen molar-refractivity contribution in [3.63, 3.8) is 0 Å². The molecule has 2 aromatic heterocycles. The lowest BCUT2D eigenvalue weighted by Gasteiger charge is -2.30. The molecule has 1 aliphatic heterocycles. The van der Waals surface area contributed by atoms with Crippen LogP contribution in [0.4, 0.5) is 0 Å². The summed E-state index contributed by atoms with van der Waals surface area (Å²) in [4.78, 5) is 122. The van der Waals surface area contributed by atoms with E-state index in [0.29, 0.717) is 47.6 Å². The molecular formula is C58H72N12O9S2. The number of fused-ring (bicyclic) bond motifs is 2. The highest BCUT2D eigenvalue weighted by Gasteiger charge is 2.36. The van der Waals surface area contributed by atoms with E-state index in [-0.39, 0.29) is 51.7 Å². The molecule has 7 atom stereocenters. The number of hydrogen-bond acceptors (Lipinski definition) is 13. The molecule has 3 heterocycles. The first-order valence-electron chi connectivity index (χ1n) is 27.1. The number of primary amides is 1. The average Bonchev–Trinajstić information content (AvgIpc) is 4.07. The zero-order chi connectivity index (χ0) is 57.7. The fraction of sp³-hybridized carbons (Fsp3) is 0.379. The first-order valence-corrected chi connectivity index (χ1v) is 29.6. The van der Waals surface area contributed by atoms with Crippen molar-refractivity contribution in [2.24, 2.45) is 11.5 Å². The van der Waals surface area contributed by atoms with Crippen LogP contribution >= 0.6 is 21.6 Å². The SMILES string of the molecule is C[C@@H](O)[C@@H]1NC(=O)[C@H](CCCCN)NC(=O)[C@@H](Cc2c[nH]c3ccccc23)NC(=O)[C@H](Cc2c[nH]c3ccccc23)NC(=O)[C@H](Cc2ccccc2)NC(=O)CNCCSSCCN(CC(N)=O)C(=O)[C@H](Cc2ccccc2)NC1=O. The minimum Gasteiger partial charge on any atom is -0.391 e. The maximum Gasteiger partial charge on any atom is 0.245 e. The third kappa shape index (κ3) is 18.2. The molecule has 81 heavy (non-hydrogen) atoms. The number of aliphatic hydroxyl groups is 1. The Morgan fingerprint density at radius 2 is 1.07 bits per heavy atom. The highest BCUT2D eigenvalue weighted by atomic mass is 33.1. The predicted octanol–water partition coefficient (Wildman–Crippen LogP) is 1.64. The molecule has 7 rings (SSSR count). The van der Waals surface area contributed by atoms with Crippen molar-refractivity contribution >= 4 is 90.7 Å². The van der Waals surface area contributed by atoms with Gasteiger partial charge in [-0.2, -0.15) is 0 Å². The minimum atomic E-state index is -1.65. The van der Waals surface area contributed by atoms with Crippen LogP contribution in [0.25, 0.3) is 21.8 Å². The van der Waals surface area contributed by atoms with Gasteiger partial charge in [-0.3, -0.25) is 38.4 Å². The molecule has 0 radical (unpaired) electrons. The monoisotopic (exact) mass is 1140 g/mol. The van der Waals surface area contributed by atoms with Gasteiger partial charge in [0.1, 0.15) is 36.3 Å². The third-order valence-corrected chi connectivity index (χ3v) is 16.2. The number of nitrogens with zero attached hydrogens (tertiary/aromatic N) is 1. The summed E-state index contributed by atoms with van der Waals surface area (Å²) >= 11 is 0. The molecule has 0 aliphatic carbocycles. The number of carbonyl (C=O) groups excluding carboxylic acids is 8. The summed E-state index contributed by atoms with van der Waals surface area (Å²) in [6, 6.07) is 24.7. The molecule has 8 amide bonds. The number of aliphatic hydroxyl groups excluding tert-OH is 1. The summed E-state index contributed by atoms with van der Waals surface area (Å²) in [6.07, 6.45) is 2.68. The number of amides is 8. The van der Waals surface area contributed by atoms with Crippen LogP contribution in [0.5, 0.6) is 0 Å². The molecule has 0 unspecified atom stereocenters. The van der Waals surface area contributed by atoms with Gasteiger partial charge in [-0.1, -0.05) is 119 Å². The van der Waals surface area contributed by atoms with Crippen molar-refractivity contribution in [3.8, 4) is 0 Å². The van der Waals surface area contributed by atoms with Crippen molar-refractivity contribution in [2.75, 3.05) is 44.2 Å².